The number of aryl methyl sites for hydroxylation is 2. The first-order valence-electron chi connectivity index (χ1n) is 8.87. The van der Waals surface area contributed by atoms with Crippen molar-refractivity contribution < 1.29 is 4.79 Å². The first kappa shape index (κ1) is 19.0. The number of pyridine rings is 1. The lowest BCUT2D eigenvalue weighted by atomic mass is 10.1. The van der Waals surface area contributed by atoms with Gasteiger partial charge in [0.2, 0.25) is 6.41 Å². The van der Waals surface area contributed by atoms with Crippen LogP contribution >= 0.6 is 0 Å². The van der Waals surface area contributed by atoms with Crippen LogP contribution in [0.1, 0.15) is 56.1 Å². The fourth-order valence-electron chi connectivity index (χ4n) is 2.94. The Balaban J connectivity index is 0.000000212. The second-order valence-corrected chi connectivity index (χ2v) is 6.77. The molecule has 0 bridgehead atoms. The van der Waals surface area contributed by atoms with Crippen molar-refractivity contribution in [3.8, 4) is 0 Å². The van der Waals surface area contributed by atoms with Crippen LogP contribution in [-0.4, -0.2) is 39.2 Å². The van der Waals surface area contributed by atoms with E-state index in [4.69, 9.17) is 0 Å². The van der Waals surface area contributed by atoms with Crippen LogP contribution in [0.5, 0.6) is 0 Å². The number of hydrogen-bond donors (Lipinski definition) is 1. The van der Waals surface area contributed by atoms with Gasteiger partial charge < -0.3 is 9.47 Å². The van der Waals surface area contributed by atoms with Gasteiger partial charge >= 0.3 is 0 Å². The molecule has 1 unspecified atom stereocenters. The van der Waals surface area contributed by atoms with Gasteiger partial charge in [0.05, 0.1) is 11.7 Å². The number of rotatable bonds is 4. The van der Waals surface area contributed by atoms with Crippen LogP contribution < -0.4 is 5.56 Å². The summed E-state index contributed by atoms with van der Waals surface area (Å²) in [5, 5.41) is 6.99. The van der Waals surface area contributed by atoms with Crippen molar-refractivity contribution >= 4 is 6.41 Å². The molecule has 1 aliphatic heterocycles. The Hall–Kier alpha value is -2.37. The van der Waals surface area contributed by atoms with Crippen molar-refractivity contribution in [1.29, 1.82) is 0 Å². The molecule has 3 rings (SSSR count). The summed E-state index contributed by atoms with van der Waals surface area (Å²) in [7, 11) is 0. The molecule has 25 heavy (non-hydrogen) atoms. The maximum Gasteiger partial charge on any atom is 0.254 e. The molecule has 0 saturated carbocycles. The van der Waals surface area contributed by atoms with Gasteiger partial charge in [-0.2, -0.15) is 5.10 Å². The minimum absolute atomic E-state index is 0.0859. The standard InChI is InChI=1S/C12H16N2O2.C7H12N2/c1-2-10-4-3-6-14(12(10)16)11-5-7-13(8-11)9-15;1-5(2)7-4-6(3)8-9-7/h3-4,6,9,11H,2,5,7-8H2,1H3;4-5H,1-3H3,(H,8,9). The second-order valence-electron chi connectivity index (χ2n) is 6.77. The zero-order chi connectivity index (χ0) is 18.4. The number of carbonyl (C=O) groups excluding carboxylic acids is 1. The smallest absolute Gasteiger partial charge is 0.254 e. The summed E-state index contributed by atoms with van der Waals surface area (Å²) in [6.07, 6.45) is 4.30. The summed E-state index contributed by atoms with van der Waals surface area (Å²) < 4.78 is 1.77. The molecule has 1 fully saturated rings. The van der Waals surface area contributed by atoms with Gasteiger partial charge in [-0.1, -0.05) is 26.8 Å². The topological polar surface area (TPSA) is 71.0 Å². The molecule has 1 amide bonds. The Morgan fingerprint density at radius 2 is 2.20 bits per heavy atom. The van der Waals surface area contributed by atoms with Gasteiger partial charge in [-0.3, -0.25) is 14.7 Å². The molecule has 0 aliphatic carbocycles. The number of aromatic amines is 1. The Bertz CT molecular complexity index is 748. The average Bonchev–Trinajstić information content (AvgIpc) is 3.24. The molecular weight excluding hydrogens is 316 g/mol. The van der Waals surface area contributed by atoms with Gasteiger partial charge in [0, 0.05) is 30.5 Å². The van der Waals surface area contributed by atoms with Crippen molar-refractivity contribution in [2.45, 2.75) is 52.5 Å². The van der Waals surface area contributed by atoms with E-state index in [0.717, 1.165) is 42.7 Å². The van der Waals surface area contributed by atoms with Crippen LogP contribution in [0.3, 0.4) is 0 Å². The molecule has 6 nitrogen and oxygen atoms in total. The van der Waals surface area contributed by atoms with Crippen LogP contribution in [0.4, 0.5) is 0 Å². The summed E-state index contributed by atoms with van der Waals surface area (Å²) in [4.78, 5) is 24.4. The van der Waals surface area contributed by atoms with Crippen molar-refractivity contribution in [3.05, 3.63) is 51.7 Å². The van der Waals surface area contributed by atoms with E-state index in [0.29, 0.717) is 12.5 Å². The zero-order valence-electron chi connectivity index (χ0n) is 15.5. The van der Waals surface area contributed by atoms with Gasteiger partial charge in [0.15, 0.2) is 0 Å². The number of nitrogens with one attached hydrogen (secondary N) is 1. The average molecular weight is 344 g/mol. The van der Waals surface area contributed by atoms with E-state index in [9.17, 15) is 9.59 Å². The summed E-state index contributed by atoms with van der Waals surface area (Å²) in [5.74, 6) is 0.537. The third kappa shape index (κ3) is 4.81. The third-order valence-electron chi connectivity index (χ3n) is 4.49. The monoisotopic (exact) mass is 344 g/mol. The first-order chi connectivity index (χ1) is 12.0. The number of nitrogens with zero attached hydrogens (tertiary/aromatic N) is 3. The molecular formula is C19H28N4O2. The van der Waals surface area contributed by atoms with Gasteiger partial charge in [-0.25, -0.2) is 0 Å². The summed E-state index contributed by atoms with van der Waals surface area (Å²) in [6.45, 7) is 9.66. The minimum atomic E-state index is 0.0859. The predicted octanol–water partition coefficient (Wildman–Crippen LogP) is 2.66. The van der Waals surface area contributed by atoms with Gasteiger partial charge in [0.1, 0.15) is 0 Å². The number of aromatic nitrogens is 3. The van der Waals surface area contributed by atoms with Gasteiger partial charge in [0.25, 0.3) is 5.56 Å². The number of amides is 1. The number of likely N-dealkylation sites (tertiary alicyclic amines) is 1. The first-order valence-corrected chi connectivity index (χ1v) is 8.87. The highest BCUT2D eigenvalue weighted by Crippen LogP contribution is 2.18. The maximum absolute atomic E-state index is 12.0. The number of hydrogen-bond acceptors (Lipinski definition) is 3. The van der Waals surface area contributed by atoms with Crippen molar-refractivity contribution in [2.24, 2.45) is 0 Å². The van der Waals surface area contributed by atoms with E-state index in [2.05, 4.69) is 30.1 Å². The predicted molar refractivity (Wildman–Crippen MR) is 98.8 cm³/mol. The van der Waals surface area contributed by atoms with E-state index >= 15 is 0 Å². The van der Waals surface area contributed by atoms with Gasteiger partial charge in [-0.15, -0.1) is 0 Å². The molecule has 0 radical (unpaired) electrons. The lowest BCUT2D eigenvalue weighted by Gasteiger charge is -2.14. The summed E-state index contributed by atoms with van der Waals surface area (Å²) in [6, 6.07) is 5.99. The van der Waals surface area contributed by atoms with Crippen molar-refractivity contribution in [3.63, 3.8) is 0 Å². The molecule has 3 heterocycles. The van der Waals surface area contributed by atoms with Crippen LogP contribution in [0.15, 0.2) is 29.2 Å². The van der Waals surface area contributed by atoms with Crippen molar-refractivity contribution in [2.75, 3.05) is 13.1 Å². The highest BCUT2D eigenvalue weighted by Gasteiger charge is 2.23. The van der Waals surface area contributed by atoms with Crippen molar-refractivity contribution in [1.82, 2.24) is 19.7 Å². The fourth-order valence-corrected chi connectivity index (χ4v) is 2.94. The highest BCUT2D eigenvalue weighted by atomic mass is 16.1. The SMILES string of the molecule is CCc1cccn(C2CCN(C=O)C2)c1=O.Cc1cc(C(C)C)n[nH]1. The quantitative estimate of drug-likeness (QED) is 0.867. The van der Waals surface area contributed by atoms with Crippen LogP contribution in [-0.2, 0) is 11.2 Å². The number of H-pyrrole nitrogens is 1. The Kier molecular flexibility index (Phi) is 6.56. The minimum Gasteiger partial charge on any atom is -0.343 e. The molecule has 1 saturated heterocycles. The fraction of sp³-hybridized carbons (Fsp3) is 0.526. The molecule has 2 aromatic heterocycles. The van der Waals surface area contributed by atoms with Crippen LogP contribution in [0.25, 0.3) is 0 Å². The largest absolute Gasteiger partial charge is 0.343 e. The molecule has 6 heteroatoms. The Labute approximate surface area is 148 Å². The highest BCUT2D eigenvalue weighted by molar-refractivity contribution is 5.47. The third-order valence-corrected chi connectivity index (χ3v) is 4.49. The molecule has 136 valence electrons. The van der Waals surface area contributed by atoms with E-state index in [1.54, 1.807) is 9.47 Å². The maximum atomic E-state index is 12.0. The van der Waals surface area contributed by atoms with E-state index in [1.165, 1.54) is 0 Å². The van der Waals surface area contributed by atoms with E-state index in [1.807, 2.05) is 32.2 Å². The van der Waals surface area contributed by atoms with Crippen LogP contribution in [0.2, 0.25) is 0 Å². The lowest BCUT2D eigenvalue weighted by molar-refractivity contribution is -0.117. The lowest BCUT2D eigenvalue weighted by Crippen LogP contribution is -2.28. The molecule has 2 aromatic rings. The molecule has 1 aliphatic rings. The molecule has 1 N–H and O–H groups in total. The molecule has 1 atom stereocenters. The Morgan fingerprint density at radius 3 is 2.68 bits per heavy atom. The normalized spacial score (nSPS) is 16.7. The molecule has 0 spiro atoms. The zero-order valence-corrected chi connectivity index (χ0v) is 15.5. The number of carbonyl (C=O) groups is 1. The van der Waals surface area contributed by atoms with Crippen LogP contribution in [0, 0.1) is 6.92 Å². The van der Waals surface area contributed by atoms with E-state index < -0.39 is 0 Å². The van der Waals surface area contributed by atoms with E-state index in [-0.39, 0.29) is 11.6 Å². The molecule has 0 aromatic carbocycles. The second kappa shape index (κ2) is 8.65. The summed E-state index contributed by atoms with van der Waals surface area (Å²) >= 11 is 0. The summed E-state index contributed by atoms with van der Waals surface area (Å²) in [5.41, 5.74) is 3.21. The van der Waals surface area contributed by atoms with Gasteiger partial charge in [-0.05, 0) is 37.8 Å². The Morgan fingerprint density at radius 1 is 1.44 bits per heavy atom.